The number of benzene rings is 1. The van der Waals surface area contributed by atoms with Gasteiger partial charge < -0.3 is 10.1 Å². The summed E-state index contributed by atoms with van der Waals surface area (Å²) in [6, 6.07) is 7.78. The number of hydrogen-bond donors (Lipinski definition) is 1. The van der Waals surface area contributed by atoms with E-state index in [1.165, 1.54) is 0 Å². The van der Waals surface area contributed by atoms with Crippen LogP contribution in [0.25, 0.3) is 6.08 Å². The lowest BCUT2D eigenvalue weighted by atomic mass is 9.99. The SMILES string of the molecule is O=C1NC(C2CCOCC2)=N/C1=C\c1ccccc1Br. The third kappa shape index (κ3) is 2.83. The fourth-order valence-electron chi connectivity index (χ4n) is 2.39. The first kappa shape index (κ1) is 13.5. The molecule has 0 aliphatic carbocycles. The summed E-state index contributed by atoms with van der Waals surface area (Å²) >= 11 is 3.47. The molecule has 2 aliphatic heterocycles. The second-order valence-corrected chi connectivity index (χ2v) is 5.74. The standard InChI is InChI=1S/C15H15BrN2O2/c16-12-4-2-1-3-11(12)9-13-15(19)18-14(17-13)10-5-7-20-8-6-10/h1-4,9-10H,5-8H2,(H,17,18,19)/b13-9-. The highest BCUT2D eigenvalue weighted by Gasteiger charge is 2.27. The summed E-state index contributed by atoms with van der Waals surface area (Å²) in [4.78, 5) is 16.5. The van der Waals surface area contributed by atoms with E-state index < -0.39 is 0 Å². The van der Waals surface area contributed by atoms with Gasteiger partial charge in [-0.1, -0.05) is 34.1 Å². The largest absolute Gasteiger partial charge is 0.381 e. The van der Waals surface area contributed by atoms with Crippen molar-refractivity contribution in [3.63, 3.8) is 0 Å². The summed E-state index contributed by atoms with van der Waals surface area (Å²) in [6.07, 6.45) is 3.65. The average Bonchev–Trinajstić information content (AvgIpc) is 2.84. The van der Waals surface area contributed by atoms with Crippen molar-refractivity contribution in [1.82, 2.24) is 5.32 Å². The molecule has 0 radical (unpaired) electrons. The molecule has 0 unspecified atom stereocenters. The molecule has 1 aromatic rings. The van der Waals surface area contributed by atoms with Gasteiger partial charge in [0, 0.05) is 23.6 Å². The smallest absolute Gasteiger partial charge is 0.275 e. The van der Waals surface area contributed by atoms with Crippen LogP contribution in [-0.4, -0.2) is 25.0 Å². The highest BCUT2D eigenvalue weighted by Crippen LogP contribution is 2.23. The fraction of sp³-hybridized carbons (Fsp3) is 0.333. The van der Waals surface area contributed by atoms with Gasteiger partial charge in [-0.3, -0.25) is 4.79 Å². The third-order valence-electron chi connectivity index (χ3n) is 3.52. The minimum Gasteiger partial charge on any atom is -0.381 e. The molecule has 2 heterocycles. The second-order valence-electron chi connectivity index (χ2n) is 4.89. The van der Waals surface area contributed by atoms with E-state index in [1.807, 2.05) is 30.3 Å². The topological polar surface area (TPSA) is 50.7 Å². The fourth-order valence-corrected chi connectivity index (χ4v) is 2.79. The van der Waals surface area contributed by atoms with Crippen molar-refractivity contribution >= 4 is 33.7 Å². The number of amidine groups is 1. The molecule has 0 saturated carbocycles. The Morgan fingerprint density at radius 3 is 2.80 bits per heavy atom. The van der Waals surface area contributed by atoms with Crippen molar-refractivity contribution in [2.75, 3.05) is 13.2 Å². The zero-order valence-corrected chi connectivity index (χ0v) is 12.5. The van der Waals surface area contributed by atoms with Crippen LogP contribution in [0.1, 0.15) is 18.4 Å². The minimum absolute atomic E-state index is 0.123. The van der Waals surface area contributed by atoms with Crippen LogP contribution in [0.3, 0.4) is 0 Å². The number of halogens is 1. The maximum absolute atomic E-state index is 12.0. The van der Waals surface area contributed by atoms with Gasteiger partial charge in [-0.15, -0.1) is 0 Å². The summed E-state index contributed by atoms with van der Waals surface area (Å²) in [5.41, 5.74) is 1.42. The Bertz CT molecular complexity index is 589. The molecular weight excluding hydrogens is 320 g/mol. The van der Waals surface area contributed by atoms with Crippen molar-refractivity contribution in [3.05, 3.63) is 40.0 Å². The molecule has 4 nitrogen and oxygen atoms in total. The van der Waals surface area contributed by atoms with E-state index in [2.05, 4.69) is 26.2 Å². The number of aliphatic imine (C=N–C) groups is 1. The molecule has 2 aliphatic rings. The van der Waals surface area contributed by atoms with Crippen molar-refractivity contribution in [3.8, 4) is 0 Å². The second kappa shape index (κ2) is 5.89. The summed E-state index contributed by atoms with van der Waals surface area (Å²) in [5.74, 6) is 0.969. The first-order valence-corrected chi connectivity index (χ1v) is 7.47. The molecule has 0 aromatic heterocycles. The molecule has 3 rings (SSSR count). The van der Waals surface area contributed by atoms with Crippen LogP contribution in [0.2, 0.25) is 0 Å². The number of amides is 1. The molecule has 1 aromatic carbocycles. The van der Waals surface area contributed by atoms with Crippen LogP contribution >= 0.6 is 15.9 Å². The zero-order chi connectivity index (χ0) is 13.9. The van der Waals surface area contributed by atoms with Crippen LogP contribution in [0.15, 0.2) is 39.4 Å². The molecular formula is C15H15BrN2O2. The number of nitrogens with one attached hydrogen (secondary N) is 1. The quantitative estimate of drug-likeness (QED) is 0.845. The summed E-state index contributed by atoms with van der Waals surface area (Å²) in [7, 11) is 0. The Kier molecular flexibility index (Phi) is 3.98. The summed E-state index contributed by atoms with van der Waals surface area (Å²) in [5, 5.41) is 2.89. The number of ether oxygens (including phenoxy) is 1. The molecule has 1 N–H and O–H groups in total. The number of nitrogens with zero attached hydrogens (tertiary/aromatic N) is 1. The Hall–Kier alpha value is -1.46. The number of carbonyl (C=O) groups excluding carboxylic acids is 1. The van der Waals surface area contributed by atoms with Crippen LogP contribution in [0.5, 0.6) is 0 Å². The molecule has 104 valence electrons. The maximum Gasteiger partial charge on any atom is 0.275 e. The van der Waals surface area contributed by atoms with Gasteiger partial charge in [0.2, 0.25) is 0 Å². The molecule has 0 atom stereocenters. The lowest BCUT2D eigenvalue weighted by Gasteiger charge is -2.21. The normalized spacial score (nSPS) is 21.9. The van der Waals surface area contributed by atoms with Crippen LogP contribution < -0.4 is 5.32 Å². The van der Waals surface area contributed by atoms with Crippen molar-refractivity contribution < 1.29 is 9.53 Å². The van der Waals surface area contributed by atoms with Gasteiger partial charge in [0.25, 0.3) is 5.91 Å². The highest BCUT2D eigenvalue weighted by molar-refractivity contribution is 9.10. The zero-order valence-electron chi connectivity index (χ0n) is 10.9. The Morgan fingerprint density at radius 2 is 2.05 bits per heavy atom. The Balaban J connectivity index is 1.85. The van der Waals surface area contributed by atoms with Gasteiger partial charge >= 0.3 is 0 Å². The van der Waals surface area contributed by atoms with E-state index >= 15 is 0 Å². The lowest BCUT2D eigenvalue weighted by molar-refractivity contribution is -0.115. The van der Waals surface area contributed by atoms with Gasteiger partial charge in [0.05, 0.1) is 0 Å². The number of carbonyl (C=O) groups is 1. The minimum atomic E-state index is -0.123. The van der Waals surface area contributed by atoms with E-state index in [1.54, 1.807) is 0 Å². The van der Waals surface area contributed by atoms with E-state index in [0.29, 0.717) is 11.6 Å². The first-order valence-electron chi connectivity index (χ1n) is 6.68. The molecule has 1 fully saturated rings. The van der Waals surface area contributed by atoms with Gasteiger partial charge in [0.15, 0.2) is 0 Å². The molecule has 1 amide bonds. The molecule has 1 saturated heterocycles. The lowest BCUT2D eigenvalue weighted by Crippen LogP contribution is -2.33. The summed E-state index contributed by atoms with van der Waals surface area (Å²) < 4.78 is 6.29. The van der Waals surface area contributed by atoms with Crippen LogP contribution in [0, 0.1) is 5.92 Å². The highest BCUT2D eigenvalue weighted by atomic mass is 79.9. The van der Waals surface area contributed by atoms with E-state index in [9.17, 15) is 4.79 Å². The van der Waals surface area contributed by atoms with Crippen LogP contribution in [-0.2, 0) is 9.53 Å². The van der Waals surface area contributed by atoms with E-state index in [4.69, 9.17) is 4.74 Å². The van der Waals surface area contributed by atoms with E-state index in [-0.39, 0.29) is 5.91 Å². The number of hydrogen-bond acceptors (Lipinski definition) is 3. The van der Waals surface area contributed by atoms with Crippen molar-refractivity contribution in [2.24, 2.45) is 10.9 Å². The van der Waals surface area contributed by atoms with Crippen LogP contribution in [0.4, 0.5) is 0 Å². The predicted octanol–water partition coefficient (Wildman–Crippen LogP) is 2.74. The Morgan fingerprint density at radius 1 is 1.30 bits per heavy atom. The first-order chi connectivity index (χ1) is 9.74. The van der Waals surface area contributed by atoms with Gasteiger partial charge in [-0.25, -0.2) is 4.99 Å². The average molecular weight is 335 g/mol. The maximum atomic E-state index is 12.0. The third-order valence-corrected chi connectivity index (χ3v) is 4.24. The molecule has 20 heavy (non-hydrogen) atoms. The molecule has 0 spiro atoms. The van der Waals surface area contributed by atoms with Gasteiger partial charge in [-0.2, -0.15) is 0 Å². The molecule has 5 heteroatoms. The Labute approximate surface area is 126 Å². The van der Waals surface area contributed by atoms with Crippen molar-refractivity contribution in [1.29, 1.82) is 0 Å². The van der Waals surface area contributed by atoms with Gasteiger partial charge in [-0.05, 0) is 30.5 Å². The molecule has 0 bridgehead atoms. The predicted molar refractivity (Wildman–Crippen MR) is 81.2 cm³/mol. The van der Waals surface area contributed by atoms with Gasteiger partial charge in [0.1, 0.15) is 11.5 Å². The van der Waals surface area contributed by atoms with E-state index in [0.717, 1.165) is 41.9 Å². The monoisotopic (exact) mass is 334 g/mol. The van der Waals surface area contributed by atoms with Crippen molar-refractivity contribution in [2.45, 2.75) is 12.8 Å². The summed E-state index contributed by atoms with van der Waals surface area (Å²) in [6.45, 7) is 1.48. The number of rotatable bonds is 2.